The lowest BCUT2D eigenvalue weighted by Gasteiger charge is -2.44. The van der Waals surface area contributed by atoms with Crippen molar-refractivity contribution in [3.63, 3.8) is 0 Å². The van der Waals surface area contributed by atoms with Gasteiger partial charge in [-0.25, -0.2) is 0 Å². The van der Waals surface area contributed by atoms with Gasteiger partial charge in [-0.3, -0.25) is 9.78 Å². The van der Waals surface area contributed by atoms with Crippen molar-refractivity contribution in [1.82, 2.24) is 20.2 Å². The van der Waals surface area contributed by atoms with Gasteiger partial charge >= 0.3 is 0 Å². The van der Waals surface area contributed by atoms with E-state index >= 15 is 0 Å². The van der Waals surface area contributed by atoms with E-state index in [-0.39, 0.29) is 11.4 Å². The van der Waals surface area contributed by atoms with Crippen LogP contribution in [-0.2, 0) is 12.0 Å². The summed E-state index contributed by atoms with van der Waals surface area (Å²) in [4.78, 5) is 22.8. The molecule has 5 rings (SSSR count). The fraction of sp³-hybridized carbons (Fsp3) is 0.391. The SMILES string of the molecule is COc1ccc2[nH]c3c(c2c1)CCNC31CCN(C(=O)c2ccc(C)nc2)CC1. The molecule has 2 N–H and O–H groups in total. The van der Waals surface area contributed by atoms with Crippen molar-refractivity contribution >= 4 is 16.8 Å². The highest BCUT2D eigenvalue weighted by Crippen LogP contribution is 2.41. The zero-order valence-corrected chi connectivity index (χ0v) is 16.9. The van der Waals surface area contributed by atoms with E-state index in [0.29, 0.717) is 5.56 Å². The number of nitrogens with zero attached hydrogens (tertiary/aromatic N) is 2. The van der Waals surface area contributed by atoms with E-state index in [2.05, 4.69) is 27.4 Å². The largest absolute Gasteiger partial charge is 0.497 e. The van der Waals surface area contributed by atoms with Crippen LogP contribution in [0.15, 0.2) is 36.5 Å². The van der Waals surface area contributed by atoms with Crippen molar-refractivity contribution in [2.24, 2.45) is 0 Å². The third-order valence-corrected chi connectivity index (χ3v) is 6.49. The average molecular weight is 390 g/mol. The Bertz CT molecular complexity index is 1060. The number of hydrogen-bond donors (Lipinski definition) is 2. The van der Waals surface area contributed by atoms with E-state index in [4.69, 9.17) is 4.74 Å². The van der Waals surface area contributed by atoms with Gasteiger partial charge in [-0.1, -0.05) is 0 Å². The number of hydrogen-bond acceptors (Lipinski definition) is 4. The van der Waals surface area contributed by atoms with E-state index in [1.165, 1.54) is 16.6 Å². The molecule has 1 saturated heterocycles. The highest BCUT2D eigenvalue weighted by atomic mass is 16.5. The van der Waals surface area contributed by atoms with Crippen LogP contribution in [0, 0.1) is 6.92 Å². The summed E-state index contributed by atoms with van der Waals surface area (Å²) in [6.07, 6.45) is 4.48. The van der Waals surface area contributed by atoms with Gasteiger partial charge in [-0.2, -0.15) is 0 Å². The summed E-state index contributed by atoms with van der Waals surface area (Å²) in [5, 5.41) is 5.03. The Hall–Kier alpha value is -2.86. The summed E-state index contributed by atoms with van der Waals surface area (Å²) in [5.41, 5.74) is 5.33. The van der Waals surface area contributed by atoms with Crippen molar-refractivity contribution < 1.29 is 9.53 Å². The van der Waals surface area contributed by atoms with Gasteiger partial charge < -0.3 is 19.9 Å². The van der Waals surface area contributed by atoms with Gasteiger partial charge in [0.1, 0.15) is 5.75 Å². The predicted octanol–water partition coefficient (Wildman–Crippen LogP) is 3.16. The minimum absolute atomic E-state index is 0.0739. The van der Waals surface area contributed by atoms with Crippen LogP contribution in [0.5, 0.6) is 5.75 Å². The maximum atomic E-state index is 12.9. The van der Waals surface area contributed by atoms with Crippen LogP contribution in [0.2, 0.25) is 0 Å². The Kier molecular flexibility index (Phi) is 4.32. The number of fused-ring (bicyclic) bond motifs is 4. The molecule has 1 amide bonds. The zero-order chi connectivity index (χ0) is 20.0. The normalized spacial score (nSPS) is 18.1. The molecule has 3 aromatic rings. The van der Waals surface area contributed by atoms with Crippen LogP contribution in [-0.4, -0.2) is 47.5 Å². The van der Waals surface area contributed by atoms with Crippen LogP contribution >= 0.6 is 0 Å². The van der Waals surface area contributed by atoms with Crippen molar-refractivity contribution in [3.05, 3.63) is 59.0 Å². The van der Waals surface area contributed by atoms with Gasteiger partial charge in [0.25, 0.3) is 5.91 Å². The predicted molar refractivity (Wildman–Crippen MR) is 112 cm³/mol. The number of aryl methyl sites for hydroxylation is 1. The number of carbonyl (C=O) groups excluding carboxylic acids is 1. The first kappa shape index (κ1) is 18.2. The molecule has 29 heavy (non-hydrogen) atoms. The van der Waals surface area contributed by atoms with Crippen LogP contribution in [0.3, 0.4) is 0 Å². The van der Waals surface area contributed by atoms with Gasteiger partial charge in [-0.05, 0) is 62.1 Å². The fourth-order valence-electron chi connectivity index (χ4n) is 4.83. The first-order valence-corrected chi connectivity index (χ1v) is 10.3. The number of ether oxygens (including phenoxy) is 1. The van der Waals surface area contributed by atoms with Crippen LogP contribution in [0.1, 0.15) is 40.2 Å². The van der Waals surface area contributed by atoms with Gasteiger partial charge in [0.15, 0.2) is 0 Å². The third kappa shape index (κ3) is 2.99. The average Bonchev–Trinajstić information content (AvgIpc) is 3.14. The van der Waals surface area contributed by atoms with E-state index in [1.54, 1.807) is 13.3 Å². The quantitative estimate of drug-likeness (QED) is 0.705. The number of methoxy groups -OCH3 is 1. The number of likely N-dealkylation sites (tertiary alicyclic amines) is 1. The number of H-pyrrole nitrogens is 1. The van der Waals surface area contributed by atoms with E-state index in [1.807, 2.05) is 30.0 Å². The number of aromatic nitrogens is 2. The second kappa shape index (κ2) is 6.88. The maximum absolute atomic E-state index is 12.9. The van der Waals surface area contributed by atoms with Gasteiger partial charge in [0.05, 0.1) is 18.2 Å². The molecular formula is C23H26N4O2. The minimum Gasteiger partial charge on any atom is -0.497 e. The highest BCUT2D eigenvalue weighted by Gasteiger charge is 2.42. The number of aromatic amines is 1. The molecule has 0 saturated carbocycles. The zero-order valence-electron chi connectivity index (χ0n) is 16.9. The molecule has 4 heterocycles. The Morgan fingerprint density at radius 1 is 1.21 bits per heavy atom. The molecule has 2 aliphatic rings. The molecule has 0 atom stereocenters. The number of carbonyl (C=O) groups is 1. The molecule has 150 valence electrons. The third-order valence-electron chi connectivity index (χ3n) is 6.49. The van der Waals surface area contributed by atoms with Crippen molar-refractivity contribution in [3.8, 4) is 5.75 Å². The number of amides is 1. The van der Waals surface area contributed by atoms with Crippen LogP contribution in [0.25, 0.3) is 10.9 Å². The first-order chi connectivity index (χ1) is 14.1. The molecule has 1 fully saturated rings. The summed E-state index contributed by atoms with van der Waals surface area (Å²) in [7, 11) is 1.71. The van der Waals surface area contributed by atoms with E-state index in [9.17, 15) is 4.79 Å². The molecule has 2 aliphatic heterocycles. The topological polar surface area (TPSA) is 70.2 Å². The Morgan fingerprint density at radius 2 is 2.03 bits per heavy atom. The molecule has 0 bridgehead atoms. The molecule has 1 aromatic carbocycles. The highest BCUT2D eigenvalue weighted by molar-refractivity contribution is 5.94. The second-order valence-corrected chi connectivity index (χ2v) is 8.13. The van der Waals surface area contributed by atoms with Crippen LogP contribution < -0.4 is 10.1 Å². The minimum atomic E-state index is -0.0951. The van der Waals surface area contributed by atoms with Crippen LogP contribution in [0.4, 0.5) is 0 Å². The molecule has 0 aliphatic carbocycles. The van der Waals surface area contributed by atoms with Gasteiger partial charge in [0, 0.05) is 48.1 Å². The van der Waals surface area contributed by atoms with Gasteiger partial charge in [0.2, 0.25) is 0 Å². The van der Waals surface area contributed by atoms with E-state index < -0.39 is 0 Å². The summed E-state index contributed by atoms with van der Waals surface area (Å²) < 4.78 is 5.43. The Morgan fingerprint density at radius 3 is 2.76 bits per heavy atom. The first-order valence-electron chi connectivity index (χ1n) is 10.3. The van der Waals surface area contributed by atoms with Crippen molar-refractivity contribution in [2.75, 3.05) is 26.7 Å². The van der Waals surface area contributed by atoms with Gasteiger partial charge in [-0.15, -0.1) is 0 Å². The lowest BCUT2D eigenvalue weighted by Crippen LogP contribution is -2.55. The molecule has 6 heteroatoms. The second-order valence-electron chi connectivity index (χ2n) is 8.13. The van der Waals surface area contributed by atoms with E-state index in [0.717, 1.165) is 55.9 Å². The number of piperidine rings is 1. The standard InChI is InChI=1S/C23H26N4O2/c1-15-3-4-16(14-24-15)22(28)27-11-8-23(9-12-27)21-18(7-10-25-23)19-13-17(29-2)5-6-20(19)26-21/h3-6,13-14,25-26H,7-12H2,1-2H3. The molecule has 0 radical (unpaired) electrons. The monoisotopic (exact) mass is 390 g/mol. The van der Waals surface area contributed by atoms with Crippen molar-refractivity contribution in [1.29, 1.82) is 0 Å². The molecule has 6 nitrogen and oxygen atoms in total. The Labute approximate surface area is 170 Å². The number of benzene rings is 1. The molecule has 2 aromatic heterocycles. The summed E-state index contributed by atoms with van der Waals surface area (Å²) >= 11 is 0. The maximum Gasteiger partial charge on any atom is 0.255 e. The smallest absolute Gasteiger partial charge is 0.255 e. The summed E-state index contributed by atoms with van der Waals surface area (Å²) in [5.74, 6) is 0.962. The lowest BCUT2D eigenvalue weighted by atomic mass is 9.79. The molecule has 1 spiro atoms. The molecule has 0 unspecified atom stereocenters. The van der Waals surface area contributed by atoms with Crippen molar-refractivity contribution in [2.45, 2.75) is 31.7 Å². The molecular weight excluding hydrogens is 364 g/mol. The Balaban J connectivity index is 1.41. The summed E-state index contributed by atoms with van der Waals surface area (Å²) in [6.45, 7) is 4.35. The number of nitrogens with one attached hydrogen (secondary N) is 2. The lowest BCUT2D eigenvalue weighted by molar-refractivity contribution is 0.0626. The number of rotatable bonds is 2. The fourth-order valence-corrected chi connectivity index (χ4v) is 4.83. The summed E-state index contributed by atoms with van der Waals surface area (Å²) in [6, 6.07) is 10.0. The number of pyridine rings is 1.